The maximum absolute atomic E-state index is 12.4. The normalized spacial score (nSPS) is 21.5. The van der Waals surface area contributed by atoms with Crippen LogP contribution < -0.4 is 5.32 Å². The van der Waals surface area contributed by atoms with Crippen LogP contribution in [0.5, 0.6) is 0 Å². The highest BCUT2D eigenvalue weighted by atomic mass is 32.2. The van der Waals surface area contributed by atoms with E-state index in [9.17, 15) is 18.3 Å². The maximum Gasteiger partial charge on any atom is 0.238 e. The summed E-state index contributed by atoms with van der Waals surface area (Å²) in [6, 6.07) is -0.664. The average Bonchev–Trinajstić information content (AvgIpc) is 2.75. The fraction of sp³-hybridized carbons (Fsp3) is 0.929. The molecule has 0 saturated carbocycles. The molecule has 0 aliphatic carbocycles. The van der Waals surface area contributed by atoms with E-state index in [0.29, 0.717) is 25.8 Å². The number of rotatable bonds is 6. The molecule has 0 aromatic rings. The van der Waals surface area contributed by atoms with E-state index in [1.54, 1.807) is 34.6 Å². The standard InChI is InChI=1S/C14H28N2O4S/c1-6-10-21(19,20)16-9-7-8-11(16)12(17)15-13(2,3)14(4,5)18/h11,18H,6-10H2,1-5H3,(H,15,17). The van der Waals surface area contributed by atoms with Gasteiger partial charge >= 0.3 is 0 Å². The van der Waals surface area contributed by atoms with Gasteiger partial charge < -0.3 is 10.4 Å². The van der Waals surface area contributed by atoms with Crippen molar-refractivity contribution in [2.45, 2.75) is 71.1 Å². The zero-order valence-electron chi connectivity index (χ0n) is 13.6. The van der Waals surface area contributed by atoms with Gasteiger partial charge in [-0.1, -0.05) is 6.92 Å². The van der Waals surface area contributed by atoms with Crippen molar-refractivity contribution in [3.05, 3.63) is 0 Å². The van der Waals surface area contributed by atoms with Crippen LogP contribution >= 0.6 is 0 Å². The van der Waals surface area contributed by atoms with Gasteiger partial charge in [-0.3, -0.25) is 4.79 Å². The van der Waals surface area contributed by atoms with E-state index in [1.165, 1.54) is 4.31 Å². The van der Waals surface area contributed by atoms with E-state index < -0.39 is 27.2 Å². The molecule has 7 heteroatoms. The molecule has 0 radical (unpaired) electrons. The van der Waals surface area contributed by atoms with Gasteiger partial charge in [-0.25, -0.2) is 8.42 Å². The predicted octanol–water partition coefficient (Wildman–Crippen LogP) is 0.856. The number of hydrogen-bond acceptors (Lipinski definition) is 4. The van der Waals surface area contributed by atoms with Crippen molar-refractivity contribution >= 4 is 15.9 Å². The molecule has 21 heavy (non-hydrogen) atoms. The first-order valence-corrected chi connectivity index (χ1v) is 9.07. The number of nitrogens with zero attached hydrogens (tertiary/aromatic N) is 1. The minimum atomic E-state index is -3.39. The number of hydrogen-bond donors (Lipinski definition) is 2. The van der Waals surface area contributed by atoms with Crippen LogP contribution in [-0.4, -0.2) is 53.2 Å². The lowest BCUT2D eigenvalue weighted by Gasteiger charge is -2.39. The monoisotopic (exact) mass is 320 g/mol. The highest BCUT2D eigenvalue weighted by Gasteiger charge is 2.42. The number of carbonyl (C=O) groups is 1. The number of nitrogens with one attached hydrogen (secondary N) is 1. The molecule has 1 rings (SSSR count). The van der Waals surface area contributed by atoms with Crippen LogP contribution in [0.25, 0.3) is 0 Å². The fourth-order valence-corrected chi connectivity index (χ4v) is 4.00. The van der Waals surface area contributed by atoms with E-state index in [-0.39, 0.29) is 11.7 Å². The van der Waals surface area contributed by atoms with Crippen molar-refractivity contribution < 1.29 is 18.3 Å². The van der Waals surface area contributed by atoms with Gasteiger partial charge in [0, 0.05) is 6.54 Å². The minimum Gasteiger partial charge on any atom is -0.388 e. The molecule has 0 aromatic heterocycles. The first-order valence-electron chi connectivity index (χ1n) is 7.46. The van der Waals surface area contributed by atoms with Crippen LogP contribution in [0, 0.1) is 0 Å². The lowest BCUT2D eigenvalue weighted by atomic mass is 9.85. The Morgan fingerprint density at radius 3 is 2.38 bits per heavy atom. The van der Waals surface area contributed by atoms with Gasteiger partial charge in [0.2, 0.25) is 15.9 Å². The van der Waals surface area contributed by atoms with Gasteiger partial charge in [0.15, 0.2) is 0 Å². The highest BCUT2D eigenvalue weighted by Crippen LogP contribution is 2.25. The summed E-state index contributed by atoms with van der Waals surface area (Å²) in [5, 5.41) is 12.9. The summed E-state index contributed by atoms with van der Waals surface area (Å²) in [6.45, 7) is 8.89. The molecule has 1 aliphatic heterocycles. The largest absolute Gasteiger partial charge is 0.388 e. The Balaban J connectivity index is 2.87. The molecule has 1 atom stereocenters. The van der Waals surface area contributed by atoms with Gasteiger partial charge in [-0.2, -0.15) is 4.31 Å². The topological polar surface area (TPSA) is 86.7 Å². The van der Waals surface area contributed by atoms with Crippen molar-refractivity contribution in [2.24, 2.45) is 0 Å². The maximum atomic E-state index is 12.4. The zero-order valence-corrected chi connectivity index (χ0v) is 14.5. The quantitative estimate of drug-likeness (QED) is 0.760. The molecule has 6 nitrogen and oxygen atoms in total. The molecule has 124 valence electrons. The van der Waals surface area contributed by atoms with Crippen molar-refractivity contribution in [1.29, 1.82) is 0 Å². The van der Waals surface area contributed by atoms with Gasteiger partial charge in [0.05, 0.1) is 16.9 Å². The van der Waals surface area contributed by atoms with Crippen molar-refractivity contribution in [2.75, 3.05) is 12.3 Å². The Hall–Kier alpha value is -0.660. The zero-order chi connectivity index (χ0) is 16.5. The number of amides is 1. The second kappa shape index (κ2) is 6.22. The van der Waals surface area contributed by atoms with Gasteiger partial charge in [0.1, 0.15) is 6.04 Å². The third-order valence-corrected chi connectivity index (χ3v) is 6.37. The molecule has 0 bridgehead atoms. The lowest BCUT2D eigenvalue weighted by Crippen LogP contribution is -2.61. The Labute approximate surface area is 128 Å². The summed E-state index contributed by atoms with van der Waals surface area (Å²) >= 11 is 0. The molecule has 1 heterocycles. The second-order valence-electron chi connectivity index (χ2n) is 6.76. The van der Waals surface area contributed by atoms with E-state index in [2.05, 4.69) is 5.32 Å². The summed E-state index contributed by atoms with van der Waals surface area (Å²) in [7, 11) is -3.39. The Bertz CT molecular complexity index is 480. The molecular weight excluding hydrogens is 292 g/mol. The van der Waals surface area contributed by atoms with Crippen LogP contribution in [0.3, 0.4) is 0 Å². The molecule has 2 N–H and O–H groups in total. The molecule has 0 aromatic carbocycles. The molecule has 1 aliphatic rings. The summed E-state index contributed by atoms with van der Waals surface area (Å²) in [5.41, 5.74) is -1.94. The third-order valence-electron chi connectivity index (χ3n) is 4.29. The first-order chi connectivity index (χ1) is 9.42. The van der Waals surface area contributed by atoms with E-state index in [4.69, 9.17) is 0 Å². The van der Waals surface area contributed by atoms with Crippen LogP contribution in [0.15, 0.2) is 0 Å². The minimum absolute atomic E-state index is 0.0612. The number of carbonyl (C=O) groups excluding carboxylic acids is 1. The molecule has 0 spiro atoms. The SMILES string of the molecule is CCCS(=O)(=O)N1CCCC1C(=O)NC(C)(C)C(C)(C)O. The number of sulfonamides is 1. The van der Waals surface area contributed by atoms with E-state index in [0.717, 1.165) is 0 Å². The fourth-order valence-electron chi connectivity index (χ4n) is 2.25. The average molecular weight is 320 g/mol. The summed E-state index contributed by atoms with van der Waals surface area (Å²) < 4.78 is 25.7. The molecule has 1 saturated heterocycles. The van der Waals surface area contributed by atoms with E-state index >= 15 is 0 Å². The second-order valence-corrected chi connectivity index (χ2v) is 8.80. The van der Waals surface area contributed by atoms with Crippen molar-refractivity contribution in [3.8, 4) is 0 Å². The van der Waals surface area contributed by atoms with Crippen molar-refractivity contribution in [1.82, 2.24) is 9.62 Å². The Morgan fingerprint density at radius 2 is 1.90 bits per heavy atom. The summed E-state index contributed by atoms with van der Waals surface area (Å²) in [4.78, 5) is 12.4. The van der Waals surface area contributed by atoms with Gasteiger partial charge in [-0.05, 0) is 47.0 Å². The lowest BCUT2D eigenvalue weighted by molar-refractivity contribution is -0.129. The van der Waals surface area contributed by atoms with Crippen LogP contribution in [0.2, 0.25) is 0 Å². The first kappa shape index (κ1) is 18.4. The van der Waals surface area contributed by atoms with Gasteiger partial charge in [-0.15, -0.1) is 0 Å². The molecule has 1 unspecified atom stereocenters. The van der Waals surface area contributed by atoms with Gasteiger partial charge in [0.25, 0.3) is 0 Å². The smallest absolute Gasteiger partial charge is 0.238 e. The molecular formula is C14H28N2O4S. The van der Waals surface area contributed by atoms with Crippen LogP contribution in [-0.2, 0) is 14.8 Å². The van der Waals surface area contributed by atoms with E-state index in [1.807, 2.05) is 0 Å². The number of aliphatic hydroxyl groups is 1. The third kappa shape index (κ3) is 4.17. The Kier molecular flexibility index (Phi) is 5.45. The predicted molar refractivity (Wildman–Crippen MR) is 82.3 cm³/mol. The highest BCUT2D eigenvalue weighted by molar-refractivity contribution is 7.89. The van der Waals surface area contributed by atoms with Crippen molar-refractivity contribution in [3.63, 3.8) is 0 Å². The summed E-state index contributed by atoms with van der Waals surface area (Å²) in [5.74, 6) is -0.273. The molecule has 1 fully saturated rings. The van der Waals surface area contributed by atoms with Crippen LogP contribution in [0.1, 0.15) is 53.9 Å². The summed E-state index contributed by atoms with van der Waals surface area (Å²) in [6.07, 6.45) is 1.74. The Morgan fingerprint density at radius 1 is 1.33 bits per heavy atom. The van der Waals surface area contributed by atoms with Crippen LogP contribution in [0.4, 0.5) is 0 Å². The molecule has 1 amide bonds.